The molecule has 1 saturated carbocycles. The largest absolute Gasteiger partial charge is 0.346 e. The van der Waals surface area contributed by atoms with Crippen LogP contribution in [0.25, 0.3) is 0 Å². The number of hydrogen-bond acceptors (Lipinski definition) is 3. The number of carbonyl (C=O) groups is 2. The van der Waals surface area contributed by atoms with Gasteiger partial charge in [-0.05, 0) is 50.2 Å². The van der Waals surface area contributed by atoms with E-state index in [1.54, 1.807) is 0 Å². The predicted octanol–water partition coefficient (Wildman–Crippen LogP) is 2.70. The molecule has 0 bridgehead atoms. The molecule has 1 aromatic carbocycles. The fourth-order valence-corrected chi connectivity index (χ4v) is 4.01. The summed E-state index contributed by atoms with van der Waals surface area (Å²) in [6.07, 6.45) is 5.81. The number of carbonyl (C=O) groups excluding carboxylic acids is 2. The average Bonchev–Trinajstić information content (AvgIpc) is 3.00. The van der Waals surface area contributed by atoms with Gasteiger partial charge in [-0.1, -0.05) is 31.0 Å². The van der Waals surface area contributed by atoms with E-state index in [1.165, 1.54) is 25.7 Å². The highest BCUT2D eigenvalue weighted by Crippen LogP contribution is 2.33. The molecule has 2 aliphatic rings. The summed E-state index contributed by atoms with van der Waals surface area (Å²) in [5, 5.41) is 9.12. The van der Waals surface area contributed by atoms with Crippen molar-refractivity contribution >= 4 is 29.9 Å². The molecule has 3 unspecified atom stereocenters. The molecule has 3 rings (SSSR count). The molecule has 2 amide bonds. The fraction of sp³-hybridized carbons (Fsp3) is 0.579. The molecule has 6 heteroatoms. The van der Waals surface area contributed by atoms with Crippen molar-refractivity contribution in [3.05, 3.63) is 29.3 Å². The zero-order chi connectivity index (χ0) is 17.1. The number of rotatable bonds is 4. The van der Waals surface area contributed by atoms with Crippen LogP contribution >= 0.6 is 12.4 Å². The minimum absolute atomic E-state index is 0. The van der Waals surface area contributed by atoms with Crippen LogP contribution in [0.3, 0.4) is 0 Å². The Morgan fingerprint density at radius 2 is 1.84 bits per heavy atom. The Labute approximate surface area is 155 Å². The van der Waals surface area contributed by atoms with Crippen molar-refractivity contribution in [3.63, 3.8) is 0 Å². The van der Waals surface area contributed by atoms with Gasteiger partial charge in [0, 0.05) is 11.7 Å². The molecule has 1 heterocycles. The van der Waals surface area contributed by atoms with E-state index in [4.69, 9.17) is 0 Å². The van der Waals surface area contributed by atoms with Crippen molar-refractivity contribution in [2.45, 2.75) is 58.0 Å². The van der Waals surface area contributed by atoms with Gasteiger partial charge >= 0.3 is 0 Å². The Bertz CT molecular complexity index is 601. The van der Waals surface area contributed by atoms with Gasteiger partial charge in [0.25, 0.3) is 0 Å². The number of halogens is 1. The van der Waals surface area contributed by atoms with Gasteiger partial charge in [-0.15, -0.1) is 12.4 Å². The van der Waals surface area contributed by atoms with E-state index in [0.29, 0.717) is 12.0 Å². The maximum atomic E-state index is 12.3. The summed E-state index contributed by atoms with van der Waals surface area (Å²) in [6.45, 7) is 3.94. The van der Waals surface area contributed by atoms with Crippen molar-refractivity contribution in [2.24, 2.45) is 5.92 Å². The van der Waals surface area contributed by atoms with Crippen LogP contribution in [-0.2, 0) is 9.59 Å². The summed E-state index contributed by atoms with van der Waals surface area (Å²) in [4.78, 5) is 24.5. The van der Waals surface area contributed by atoms with Crippen LogP contribution in [-0.4, -0.2) is 30.4 Å². The SMILES string of the molecule is Cc1cccc(C)c1NC(=O)CNC(=O)C1CC2CCCCC2N1.Cl. The smallest absolute Gasteiger partial charge is 0.243 e. The Morgan fingerprint density at radius 1 is 1.16 bits per heavy atom. The lowest BCUT2D eigenvalue weighted by atomic mass is 9.85. The van der Waals surface area contributed by atoms with Crippen LogP contribution < -0.4 is 16.0 Å². The maximum absolute atomic E-state index is 12.3. The zero-order valence-electron chi connectivity index (χ0n) is 14.9. The molecule has 1 aromatic rings. The molecular weight excluding hydrogens is 338 g/mol. The lowest BCUT2D eigenvalue weighted by molar-refractivity contribution is -0.125. The number of hydrogen-bond donors (Lipinski definition) is 3. The second-order valence-corrected chi connectivity index (χ2v) is 7.14. The lowest BCUT2D eigenvalue weighted by Crippen LogP contribution is -2.45. The molecule has 138 valence electrons. The van der Waals surface area contributed by atoms with Gasteiger partial charge in [-0.25, -0.2) is 0 Å². The summed E-state index contributed by atoms with van der Waals surface area (Å²) in [5.41, 5.74) is 2.88. The zero-order valence-corrected chi connectivity index (χ0v) is 15.7. The summed E-state index contributed by atoms with van der Waals surface area (Å²) in [6, 6.07) is 6.23. The molecule has 3 atom stereocenters. The Balaban J connectivity index is 0.00000225. The highest BCUT2D eigenvalue weighted by molar-refractivity contribution is 5.96. The second-order valence-electron chi connectivity index (χ2n) is 7.14. The van der Waals surface area contributed by atoms with E-state index >= 15 is 0 Å². The molecule has 0 radical (unpaired) electrons. The first-order valence-electron chi connectivity index (χ1n) is 8.94. The molecule has 1 aliphatic carbocycles. The normalized spacial score (nSPS) is 24.8. The van der Waals surface area contributed by atoms with Crippen LogP contribution in [0.2, 0.25) is 0 Å². The van der Waals surface area contributed by atoms with E-state index < -0.39 is 0 Å². The number of aryl methyl sites for hydroxylation is 2. The van der Waals surface area contributed by atoms with Gasteiger partial charge in [0.15, 0.2) is 0 Å². The van der Waals surface area contributed by atoms with E-state index in [9.17, 15) is 9.59 Å². The van der Waals surface area contributed by atoms with Crippen LogP contribution in [0.15, 0.2) is 18.2 Å². The Kier molecular flexibility index (Phi) is 6.85. The first kappa shape index (κ1) is 19.7. The van der Waals surface area contributed by atoms with Gasteiger partial charge < -0.3 is 16.0 Å². The molecular formula is C19H28ClN3O2. The lowest BCUT2D eigenvalue weighted by Gasteiger charge is -2.24. The molecule has 1 saturated heterocycles. The van der Waals surface area contributed by atoms with Gasteiger partial charge in [0.05, 0.1) is 12.6 Å². The number of nitrogens with one attached hydrogen (secondary N) is 3. The summed E-state index contributed by atoms with van der Waals surface area (Å²) < 4.78 is 0. The van der Waals surface area contributed by atoms with Crippen LogP contribution in [0.4, 0.5) is 5.69 Å². The number of para-hydroxylation sites is 1. The monoisotopic (exact) mass is 365 g/mol. The standard InChI is InChI=1S/C19H27N3O2.ClH/c1-12-6-5-7-13(2)18(12)22-17(23)11-20-19(24)16-10-14-8-3-4-9-15(14)21-16;/h5-7,14-16,21H,3-4,8-11H2,1-2H3,(H,20,24)(H,22,23);1H. The highest BCUT2D eigenvalue weighted by Gasteiger charge is 2.38. The van der Waals surface area contributed by atoms with E-state index in [2.05, 4.69) is 16.0 Å². The van der Waals surface area contributed by atoms with Crippen molar-refractivity contribution in [2.75, 3.05) is 11.9 Å². The molecule has 5 nitrogen and oxygen atoms in total. The van der Waals surface area contributed by atoms with Crippen molar-refractivity contribution in [3.8, 4) is 0 Å². The molecule has 1 aliphatic heterocycles. The van der Waals surface area contributed by atoms with Crippen molar-refractivity contribution < 1.29 is 9.59 Å². The maximum Gasteiger partial charge on any atom is 0.243 e. The van der Waals surface area contributed by atoms with Crippen LogP contribution in [0.5, 0.6) is 0 Å². The Morgan fingerprint density at radius 3 is 2.52 bits per heavy atom. The predicted molar refractivity (Wildman–Crippen MR) is 102 cm³/mol. The number of benzene rings is 1. The summed E-state index contributed by atoms with van der Waals surface area (Å²) in [7, 11) is 0. The van der Waals surface area contributed by atoms with Crippen molar-refractivity contribution in [1.29, 1.82) is 0 Å². The molecule has 0 spiro atoms. The summed E-state index contributed by atoms with van der Waals surface area (Å²) in [5.74, 6) is 0.384. The minimum atomic E-state index is -0.184. The van der Waals surface area contributed by atoms with Gasteiger partial charge in [0.2, 0.25) is 11.8 Å². The van der Waals surface area contributed by atoms with E-state index in [0.717, 1.165) is 23.2 Å². The van der Waals surface area contributed by atoms with Gasteiger partial charge in [-0.2, -0.15) is 0 Å². The fourth-order valence-electron chi connectivity index (χ4n) is 4.01. The number of anilines is 1. The van der Waals surface area contributed by atoms with Crippen LogP contribution in [0.1, 0.15) is 43.2 Å². The van der Waals surface area contributed by atoms with Gasteiger partial charge in [0.1, 0.15) is 0 Å². The molecule has 3 N–H and O–H groups in total. The van der Waals surface area contributed by atoms with Crippen LogP contribution in [0, 0.1) is 19.8 Å². The average molecular weight is 366 g/mol. The summed E-state index contributed by atoms with van der Waals surface area (Å²) >= 11 is 0. The van der Waals surface area contributed by atoms with E-state index in [-0.39, 0.29) is 36.8 Å². The van der Waals surface area contributed by atoms with E-state index in [1.807, 2.05) is 32.0 Å². The third-order valence-electron chi connectivity index (χ3n) is 5.35. The first-order chi connectivity index (χ1) is 11.5. The van der Waals surface area contributed by atoms with Gasteiger partial charge in [-0.3, -0.25) is 9.59 Å². The highest BCUT2D eigenvalue weighted by atomic mass is 35.5. The molecule has 0 aromatic heterocycles. The number of fused-ring (bicyclic) bond motifs is 1. The first-order valence-corrected chi connectivity index (χ1v) is 8.94. The second kappa shape index (κ2) is 8.68. The number of amides is 2. The topological polar surface area (TPSA) is 70.2 Å². The third-order valence-corrected chi connectivity index (χ3v) is 5.35. The molecule has 2 fully saturated rings. The minimum Gasteiger partial charge on any atom is -0.346 e. The van der Waals surface area contributed by atoms with Crippen molar-refractivity contribution in [1.82, 2.24) is 10.6 Å². The Hall–Kier alpha value is -1.59. The molecule has 25 heavy (non-hydrogen) atoms. The third kappa shape index (κ3) is 4.73. The quantitative estimate of drug-likeness (QED) is 0.768.